The number of benzene rings is 2. The predicted octanol–water partition coefficient (Wildman–Crippen LogP) is 4.41. The van der Waals surface area contributed by atoms with Crippen molar-refractivity contribution in [3.8, 4) is 17.2 Å². The number of hydrogen-bond donors (Lipinski definition) is 0. The predicted molar refractivity (Wildman–Crippen MR) is 123 cm³/mol. The lowest BCUT2D eigenvalue weighted by atomic mass is 10.1. The number of carbonyl (C=O) groups is 1. The van der Waals surface area contributed by atoms with Gasteiger partial charge in [0.2, 0.25) is 6.79 Å². The largest absolute Gasteiger partial charge is 0.494 e. The SMILES string of the molecule is CCOc1ccc2nc(N(CCN(CC)CC)C(=O)c3ccc4c(c3)OCO4)sc2c1. The Morgan fingerprint density at radius 1 is 1.06 bits per heavy atom. The van der Waals surface area contributed by atoms with Crippen molar-refractivity contribution in [2.24, 2.45) is 0 Å². The molecular weight excluding hydrogens is 414 g/mol. The molecule has 4 rings (SSSR count). The summed E-state index contributed by atoms with van der Waals surface area (Å²) >= 11 is 1.50. The molecule has 0 spiro atoms. The molecule has 164 valence electrons. The van der Waals surface area contributed by atoms with Crippen LogP contribution in [0.5, 0.6) is 17.2 Å². The quantitative estimate of drug-likeness (QED) is 0.490. The lowest BCUT2D eigenvalue weighted by molar-refractivity contribution is 0.0983. The van der Waals surface area contributed by atoms with E-state index in [0.29, 0.717) is 35.3 Å². The van der Waals surface area contributed by atoms with Crippen molar-refractivity contribution in [1.82, 2.24) is 9.88 Å². The summed E-state index contributed by atoms with van der Waals surface area (Å²) in [5.74, 6) is 1.96. The van der Waals surface area contributed by atoms with Gasteiger partial charge in [0.25, 0.3) is 5.91 Å². The maximum atomic E-state index is 13.5. The number of rotatable bonds is 9. The molecule has 1 aliphatic rings. The summed E-state index contributed by atoms with van der Waals surface area (Å²) in [4.78, 5) is 22.3. The first-order valence-electron chi connectivity index (χ1n) is 10.6. The highest BCUT2D eigenvalue weighted by molar-refractivity contribution is 7.22. The fraction of sp³-hybridized carbons (Fsp3) is 0.391. The average Bonchev–Trinajstić information content (AvgIpc) is 3.42. The molecule has 0 aliphatic carbocycles. The molecule has 0 fully saturated rings. The monoisotopic (exact) mass is 441 g/mol. The third kappa shape index (κ3) is 4.60. The van der Waals surface area contributed by atoms with Gasteiger partial charge in [-0.15, -0.1) is 0 Å². The molecule has 0 saturated heterocycles. The Morgan fingerprint density at radius 2 is 1.87 bits per heavy atom. The Balaban J connectivity index is 1.66. The van der Waals surface area contributed by atoms with Gasteiger partial charge in [-0.3, -0.25) is 9.69 Å². The molecule has 0 atom stereocenters. The number of thiazole rings is 1. The normalized spacial score (nSPS) is 12.5. The number of fused-ring (bicyclic) bond motifs is 2. The third-order valence-electron chi connectivity index (χ3n) is 5.29. The Hall–Kier alpha value is -2.84. The number of amides is 1. The molecule has 31 heavy (non-hydrogen) atoms. The van der Waals surface area contributed by atoms with Gasteiger partial charge in [-0.2, -0.15) is 0 Å². The van der Waals surface area contributed by atoms with E-state index in [4.69, 9.17) is 19.2 Å². The Labute approximate surface area is 186 Å². The van der Waals surface area contributed by atoms with Crippen LogP contribution in [-0.4, -0.2) is 55.4 Å². The molecule has 1 amide bonds. The molecule has 2 heterocycles. The molecule has 0 bridgehead atoms. The minimum atomic E-state index is -0.102. The molecule has 1 aromatic heterocycles. The van der Waals surface area contributed by atoms with E-state index in [2.05, 4.69) is 18.7 Å². The first kappa shape index (κ1) is 21.4. The van der Waals surface area contributed by atoms with E-state index >= 15 is 0 Å². The van der Waals surface area contributed by atoms with E-state index < -0.39 is 0 Å². The minimum absolute atomic E-state index is 0.102. The second-order valence-electron chi connectivity index (χ2n) is 7.11. The second-order valence-corrected chi connectivity index (χ2v) is 8.12. The highest BCUT2D eigenvalue weighted by atomic mass is 32.1. The topological polar surface area (TPSA) is 64.1 Å². The Morgan fingerprint density at radius 3 is 2.65 bits per heavy atom. The van der Waals surface area contributed by atoms with Gasteiger partial charge in [-0.1, -0.05) is 25.2 Å². The lowest BCUT2D eigenvalue weighted by Crippen LogP contribution is -2.38. The third-order valence-corrected chi connectivity index (χ3v) is 6.33. The molecule has 3 aromatic rings. The van der Waals surface area contributed by atoms with Crippen molar-refractivity contribution >= 4 is 32.6 Å². The van der Waals surface area contributed by atoms with E-state index in [1.165, 1.54) is 11.3 Å². The molecule has 0 unspecified atom stereocenters. The lowest BCUT2D eigenvalue weighted by Gasteiger charge is -2.24. The van der Waals surface area contributed by atoms with E-state index in [9.17, 15) is 4.79 Å². The highest BCUT2D eigenvalue weighted by Gasteiger charge is 2.24. The van der Waals surface area contributed by atoms with Crippen LogP contribution in [0.2, 0.25) is 0 Å². The second kappa shape index (κ2) is 9.53. The minimum Gasteiger partial charge on any atom is -0.494 e. The van der Waals surface area contributed by atoms with Crippen molar-refractivity contribution in [3.05, 3.63) is 42.0 Å². The zero-order chi connectivity index (χ0) is 21.8. The molecule has 7 nitrogen and oxygen atoms in total. The maximum absolute atomic E-state index is 13.5. The van der Waals surface area contributed by atoms with E-state index in [-0.39, 0.29) is 12.7 Å². The summed E-state index contributed by atoms with van der Waals surface area (Å²) in [6, 6.07) is 11.1. The van der Waals surface area contributed by atoms with Crippen LogP contribution in [0.25, 0.3) is 10.2 Å². The fourth-order valence-corrected chi connectivity index (χ4v) is 4.53. The van der Waals surface area contributed by atoms with Gasteiger partial charge in [0.05, 0.1) is 16.8 Å². The summed E-state index contributed by atoms with van der Waals surface area (Å²) < 4.78 is 17.5. The van der Waals surface area contributed by atoms with Crippen LogP contribution in [0.15, 0.2) is 36.4 Å². The Bertz CT molecular complexity index is 1060. The molecule has 8 heteroatoms. The van der Waals surface area contributed by atoms with Crippen LogP contribution in [-0.2, 0) is 0 Å². The van der Waals surface area contributed by atoms with Gasteiger partial charge in [0.15, 0.2) is 16.6 Å². The first-order chi connectivity index (χ1) is 15.1. The highest BCUT2D eigenvalue weighted by Crippen LogP contribution is 2.35. The summed E-state index contributed by atoms with van der Waals surface area (Å²) in [6.45, 7) is 10.2. The molecule has 2 aromatic carbocycles. The number of aromatic nitrogens is 1. The van der Waals surface area contributed by atoms with Crippen LogP contribution < -0.4 is 19.1 Å². The first-order valence-corrected chi connectivity index (χ1v) is 11.4. The molecule has 1 aliphatic heterocycles. The van der Waals surface area contributed by atoms with Gasteiger partial charge in [0.1, 0.15) is 5.75 Å². The van der Waals surface area contributed by atoms with Crippen molar-refractivity contribution in [2.75, 3.05) is 44.5 Å². The summed E-state index contributed by atoms with van der Waals surface area (Å²) in [7, 11) is 0. The molecule has 0 saturated carbocycles. The Kier molecular flexibility index (Phi) is 6.58. The molecule has 0 radical (unpaired) electrons. The van der Waals surface area contributed by atoms with Crippen LogP contribution in [0.3, 0.4) is 0 Å². The summed E-state index contributed by atoms with van der Waals surface area (Å²) in [5, 5.41) is 0.679. The number of carbonyl (C=O) groups excluding carboxylic acids is 1. The van der Waals surface area contributed by atoms with Crippen LogP contribution in [0.1, 0.15) is 31.1 Å². The fourth-order valence-electron chi connectivity index (χ4n) is 3.52. The van der Waals surface area contributed by atoms with Crippen LogP contribution in [0, 0.1) is 0 Å². The van der Waals surface area contributed by atoms with Crippen molar-refractivity contribution in [3.63, 3.8) is 0 Å². The maximum Gasteiger partial charge on any atom is 0.260 e. The van der Waals surface area contributed by atoms with E-state index in [1.807, 2.05) is 25.1 Å². The van der Waals surface area contributed by atoms with Crippen molar-refractivity contribution < 1.29 is 19.0 Å². The number of likely N-dealkylation sites (N-methyl/N-ethyl adjacent to an activating group) is 1. The molecule has 0 N–H and O–H groups in total. The smallest absolute Gasteiger partial charge is 0.260 e. The van der Waals surface area contributed by atoms with E-state index in [0.717, 1.165) is 35.6 Å². The van der Waals surface area contributed by atoms with Gasteiger partial charge < -0.3 is 19.1 Å². The van der Waals surface area contributed by atoms with E-state index in [1.54, 1.807) is 23.1 Å². The van der Waals surface area contributed by atoms with Gasteiger partial charge in [-0.05, 0) is 56.4 Å². The number of nitrogens with zero attached hydrogens (tertiary/aromatic N) is 3. The molecular formula is C23H27N3O4S. The van der Waals surface area contributed by atoms with Crippen molar-refractivity contribution in [2.45, 2.75) is 20.8 Å². The van der Waals surface area contributed by atoms with Crippen LogP contribution >= 0.6 is 11.3 Å². The zero-order valence-electron chi connectivity index (χ0n) is 18.1. The average molecular weight is 442 g/mol. The summed E-state index contributed by atoms with van der Waals surface area (Å²) in [6.07, 6.45) is 0. The number of ether oxygens (including phenoxy) is 3. The standard InChI is InChI=1S/C23H27N3O4S/c1-4-25(5-2)11-12-26(22(27)16-7-10-19-20(13-16)30-15-29-19)23-24-18-9-8-17(28-6-3)14-21(18)31-23/h7-10,13-14H,4-6,11-12,15H2,1-3H3. The van der Waals surface area contributed by atoms with Crippen molar-refractivity contribution in [1.29, 1.82) is 0 Å². The number of anilines is 1. The van der Waals surface area contributed by atoms with Crippen LogP contribution in [0.4, 0.5) is 5.13 Å². The number of hydrogen-bond acceptors (Lipinski definition) is 7. The summed E-state index contributed by atoms with van der Waals surface area (Å²) in [5.41, 5.74) is 1.41. The van der Waals surface area contributed by atoms with Gasteiger partial charge >= 0.3 is 0 Å². The van der Waals surface area contributed by atoms with Gasteiger partial charge in [-0.25, -0.2) is 4.98 Å². The van der Waals surface area contributed by atoms with Gasteiger partial charge in [0, 0.05) is 18.7 Å². The zero-order valence-corrected chi connectivity index (χ0v) is 18.9.